The summed E-state index contributed by atoms with van der Waals surface area (Å²) in [5, 5.41) is 2.95. The molecule has 4 rings (SSSR count). The number of halogens is 1. The van der Waals surface area contributed by atoms with Crippen LogP contribution < -0.4 is 10.2 Å². The van der Waals surface area contributed by atoms with Crippen LogP contribution in [0.5, 0.6) is 0 Å². The molecule has 1 saturated carbocycles. The molecule has 2 aliphatic rings. The van der Waals surface area contributed by atoms with Crippen molar-refractivity contribution in [2.24, 2.45) is 0 Å². The largest absolute Gasteiger partial charge is 0.325 e. The van der Waals surface area contributed by atoms with Crippen LogP contribution in [0.3, 0.4) is 0 Å². The van der Waals surface area contributed by atoms with Gasteiger partial charge in [0.1, 0.15) is 5.82 Å². The Morgan fingerprint density at radius 3 is 2.54 bits per heavy atom. The molecular weight excluding hydrogens is 307 g/mol. The fraction of sp³-hybridized carbons (Fsp3) is 0.263. The number of likely N-dealkylation sites (N-methyl/N-ethyl adjacent to an activating group) is 1. The molecule has 2 aromatic rings. The molecule has 1 aliphatic carbocycles. The molecule has 0 saturated heterocycles. The summed E-state index contributed by atoms with van der Waals surface area (Å²) in [7, 11) is 1.75. The number of hydrogen-bond donors (Lipinski definition) is 1. The zero-order chi connectivity index (χ0) is 16.9. The second-order valence-electron chi connectivity index (χ2n) is 6.52. The lowest BCUT2D eigenvalue weighted by Crippen LogP contribution is -2.27. The zero-order valence-electron chi connectivity index (χ0n) is 13.3. The second kappa shape index (κ2) is 5.16. The Morgan fingerprint density at radius 1 is 1.17 bits per heavy atom. The minimum absolute atomic E-state index is 0.0541. The number of benzene rings is 2. The average Bonchev–Trinajstić information content (AvgIpc) is 3.32. The summed E-state index contributed by atoms with van der Waals surface area (Å²) in [6.07, 6.45) is 1.88. The summed E-state index contributed by atoms with van der Waals surface area (Å²) in [6.45, 7) is 0. The van der Waals surface area contributed by atoms with Gasteiger partial charge in [-0.3, -0.25) is 9.59 Å². The zero-order valence-corrected chi connectivity index (χ0v) is 13.3. The van der Waals surface area contributed by atoms with Gasteiger partial charge < -0.3 is 10.2 Å². The summed E-state index contributed by atoms with van der Waals surface area (Å²) in [5.41, 5.74) is 2.79. The van der Waals surface area contributed by atoms with Crippen LogP contribution in [0.4, 0.5) is 15.8 Å². The van der Waals surface area contributed by atoms with Gasteiger partial charge in [0.2, 0.25) is 11.8 Å². The Balaban J connectivity index is 1.56. The molecule has 4 nitrogen and oxygen atoms in total. The first-order valence-corrected chi connectivity index (χ1v) is 7.97. The van der Waals surface area contributed by atoms with Crippen LogP contribution in [0.25, 0.3) is 0 Å². The van der Waals surface area contributed by atoms with E-state index >= 15 is 0 Å². The van der Waals surface area contributed by atoms with E-state index in [-0.39, 0.29) is 17.6 Å². The van der Waals surface area contributed by atoms with Crippen molar-refractivity contribution in [2.45, 2.75) is 24.7 Å². The van der Waals surface area contributed by atoms with Gasteiger partial charge in [0.25, 0.3) is 0 Å². The summed E-state index contributed by atoms with van der Waals surface area (Å²) in [6, 6.07) is 11.7. The Morgan fingerprint density at radius 2 is 1.88 bits per heavy atom. The molecule has 0 atom stereocenters. The van der Waals surface area contributed by atoms with E-state index in [4.69, 9.17) is 0 Å². The van der Waals surface area contributed by atoms with Crippen LogP contribution in [0, 0.1) is 5.82 Å². The van der Waals surface area contributed by atoms with Crippen molar-refractivity contribution in [1.82, 2.24) is 0 Å². The molecule has 0 unspecified atom stereocenters. The van der Waals surface area contributed by atoms with E-state index in [1.165, 1.54) is 12.1 Å². The maximum Gasteiger partial charge on any atom is 0.235 e. The lowest BCUT2D eigenvalue weighted by atomic mass is 9.95. The lowest BCUT2D eigenvalue weighted by molar-refractivity contribution is -0.118. The molecule has 5 heteroatoms. The predicted molar refractivity (Wildman–Crippen MR) is 89.5 cm³/mol. The van der Waals surface area contributed by atoms with Crippen LogP contribution in [-0.4, -0.2) is 18.9 Å². The molecule has 122 valence electrons. The van der Waals surface area contributed by atoms with Crippen molar-refractivity contribution in [3.05, 3.63) is 59.4 Å². The first-order valence-electron chi connectivity index (χ1n) is 7.97. The van der Waals surface area contributed by atoms with Crippen molar-refractivity contribution in [2.75, 3.05) is 17.3 Å². The Kier molecular flexibility index (Phi) is 3.20. The number of carbonyl (C=O) groups is 2. The molecule has 1 aliphatic heterocycles. The molecule has 0 bridgehead atoms. The minimum Gasteiger partial charge on any atom is -0.325 e. The number of nitrogens with one attached hydrogen (secondary N) is 1. The van der Waals surface area contributed by atoms with Crippen LogP contribution in [-0.2, 0) is 21.4 Å². The number of fused-ring (bicyclic) bond motifs is 1. The molecule has 1 N–H and O–H groups in total. The standard InChI is InChI=1S/C19H17FN2O2/c1-22-16-7-6-15(10-12(16)11-17(22)23)21-18(24)19(8-9-19)13-2-4-14(20)5-3-13/h2-7,10H,8-9,11H2,1H3,(H,21,24). The van der Waals surface area contributed by atoms with Crippen molar-refractivity contribution in [3.63, 3.8) is 0 Å². The summed E-state index contributed by atoms with van der Waals surface area (Å²) >= 11 is 0. The number of anilines is 2. The van der Waals surface area contributed by atoms with Gasteiger partial charge in [-0.15, -0.1) is 0 Å². The lowest BCUT2D eigenvalue weighted by Gasteiger charge is -2.17. The topological polar surface area (TPSA) is 49.4 Å². The number of nitrogens with zero attached hydrogens (tertiary/aromatic N) is 1. The number of carbonyl (C=O) groups excluding carboxylic acids is 2. The van der Waals surface area contributed by atoms with E-state index in [2.05, 4.69) is 5.32 Å². The highest BCUT2D eigenvalue weighted by atomic mass is 19.1. The summed E-state index contributed by atoms with van der Waals surface area (Å²) in [5.74, 6) is -0.326. The SMILES string of the molecule is CN1C(=O)Cc2cc(NC(=O)C3(c4ccc(F)cc4)CC3)ccc21. The monoisotopic (exact) mass is 324 g/mol. The molecule has 2 amide bonds. The Labute approximate surface area is 139 Å². The average molecular weight is 324 g/mol. The third kappa shape index (κ3) is 2.28. The van der Waals surface area contributed by atoms with E-state index in [0.717, 1.165) is 29.7 Å². The van der Waals surface area contributed by atoms with Crippen LogP contribution >= 0.6 is 0 Å². The number of rotatable bonds is 3. The molecule has 2 aromatic carbocycles. The fourth-order valence-corrected chi connectivity index (χ4v) is 3.34. The van der Waals surface area contributed by atoms with Crippen LogP contribution in [0.2, 0.25) is 0 Å². The highest BCUT2D eigenvalue weighted by Crippen LogP contribution is 2.49. The Hall–Kier alpha value is -2.69. The van der Waals surface area contributed by atoms with Gasteiger partial charge >= 0.3 is 0 Å². The van der Waals surface area contributed by atoms with Crippen LogP contribution in [0.15, 0.2) is 42.5 Å². The fourth-order valence-electron chi connectivity index (χ4n) is 3.34. The van der Waals surface area contributed by atoms with Gasteiger partial charge in [0.15, 0.2) is 0 Å². The van der Waals surface area contributed by atoms with Gasteiger partial charge in [-0.2, -0.15) is 0 Å². The highest BCUT2D eigenvalue weighted by Gasteiger charge is 2.51. The van der Waals surface area contributed by atoms with Gasteiger partial charge in [0, 0.05) is 18.4 Å². The number of hydrogen-bond acceptors (Lipinski definition) is 2. The predicted octanol–water partition coefficient (Wildman–Crippen LogP) is 3.01. The van der Waals surface area contributed by atoms with Crippen LogP contribution in [0.1, 0.15) is 24.0 Å². The quantitative estimate of drug-likeness (QED) is 0.943. The molecular formula is C19H17FN2O2. The molecule has 1 heterocycles. The van der Waals surface area contributed by atoms with E-state index < -0.39 is 5.41 Å². The van der Waals surface area contributed by atoms with Gasteiger partial charge in [-0.05, 0) is 54.3 Å². The second-order valence-corrected chi connectivity index (χ2v) is 6.52. The smallest absolute Gasteiger partial charge is 0.235 e. The molecule has 0 aromatic heterocycles. The van der Waals surface area contributed by atoms with E-state index in [1.54, 1.807) is 24.1 Å². The maximum absolute atomic E-state index is 13.1. The van der Waals surface area contributed by atoms with Crippen molar-refractivity contribution < 1.29 is 14.0 Å². The summed E-state index contributed by atoms with van der Waals surface area (Å²) in [4.78, 5) is 26.1. The van der Waals surface area contributed by atoms with E-state index in [1.807, 2.05) is 18.2 Å². The third-order valence-electron chi connectivity index (χ3n) is 5.00. The molecule has 24 heavy (non-hydrogen) atoms. The molecule has 0 spiro atoms. The number of amides is 2. The normalized spacial score (nSPS) is 17.6. The van der Waals surface area contributed by atoms with Gasteiger partial charge in [-0.1, -0.05) is 12.1 Å². The van der Waals surface area contributed by atoms with Crippen molar-refractivity contribution >= 4 is 23.2 Å². The summed E-state index contributed by atoms with van der Waals surface area (Å²) < 4.78 is 13.1. The highest BCUT2D eigenvalue weighted by molar-refractivity contribution is 6.04. The van der Waals surface area contributed by atoms with Gasteiger partial charge in [-0.25, -0.2) is 4.39 Å². The van der Waals surface area contributed by atoms with Crippen molar-refractivity contribution in [3.8, 4) is 0 Å². The first kappa shape index (κ1) is 14.9. The molecule has 0 radical (unpaired) electrons. The molecule has 1 fully saturated rings. The first-order chi connectivity index (χ1) is 11.5. The van der Waals surface area contributed by atoms with Crippen molar-refractivity contribution in [1.29, 1.82) is 0 Å². The maximum atomic E-state index is 13.1. The third-order valence-corrected chi connectivity index (χ3v) is 5.00. The van der Waals surface area contributed by atoms with Gasteiger partial charge in [0.05, 0.1) is 11.8 Å². The van der Waals surface area contributed by atoms with E-state index in [0.29, 0.717) is 12.1 Å². The van der Waals surface area contributed by atoms with E-state index in [9.17, 15) is 14.0 Å². The Bertz CT molecular complexity index is 841. The minimum atomic E-state index is -0.556.